The molecule has 1 spiro atoms. The summed E-state index contributed by atoms with van der Waals surface area (Å²) in [5.41, 5.74) is 3.34. The molecule has 2 aliphatic rings. The molecule has 2 aliphatic heterocycles. The minimum atomic E-state index is -5.08. The summed E-state index contributed by atoms with van der Waals surface area (Å²) in [5.74, 6) is -4.82. The van der Waals surface area contributed by atoms with Gasteiger partial charge in [-0.1, -0.05) is 24.3 Å². The molecule has 0 unspecified atom stereocenters. The maximum Gasteiger partial charge on any atom is 0.490 e. The van der Waals surface area contributed by atoms with Gasteiger partial charge in [0.2, 0.25) is 0 Å². The smallest absolute Gasteiger partial charge is 0.475 e. The first-order valence-electron chi connectivity index (χ1n) is 10.6. The molecule has 1 aromatic rings. The summed E-state index contributed by atoms with van der Waals surface area (Å²) in [6.07, 6.45) is -8.85. The Bertz CT molecular complexity index is 824. The van der Waals surface area contributed by atoms with E-state index in [-0.39, 0.29) is 0 Å². The largest absolute Gasteiger partial charge is 0.490 e. The number of rotatable bonds is 4. The molecule has 2 saturated heterocycles. The Morgan fingerprint density at radius 3 is 2.03 bits per heavy atom. The number of alkyl halides is 6. The summed E-state index contributed by atoms with van der Waals surface area (Å²) in [4.78, 5) is 22.9. The van der Waals surface area contributed by atoms with Crippen molar-refractivity contribution < 1.29 is 50.9 Å². The molecule has 2 fully saturated rings. The summed E-state index contributed by atoms with van der Waals surface area (Å²) in [7, 11) is 4.09. The average Bonchev–Trinajstić information content (AvgIpc) is 3.26. The van der Waals surface area contributed by atoms with E-state index in [1.54, 1.807) is 0 Å². The van der Waals surface area contributed by atoms with Crippen molar-refractivity contribution in [2.75, 3.05) is 46.9 Å². The summed E-state index contributed by atoms with van der Waals surface area (Å²) < 4.78 is 69.0. The molecular weight excluding hydrogens is 486 g/mol. The first-order chi connectivity index (χ1) is 16.0. The molecule has 2 atom stereocenters. The van der Waals surface area contributed by atoms with Crippen LogP contribution >= 0.6 is 0 Å². The zero-order valence-electron chi connectivity index (χ0n) is 19.6. The minimum absolute atomic E-state index is 0.452. The molecule has 35 heavy (non-hydrogen) atoms. The van der Waals surface area contributed by atoms with Crippen molar-refractivity contribution in [1.29, 1.82) is 0 Å². The number of halogens is 6. The van der Waals surface area contributed by atoms with Gasteiger partial charge in [0.1, 0.15) is 0 Å². The molecule has 7 nitrogen and oxygen atoms in total. The molecule has 200 valence electrons. The number of aliphatic carboxylic acids is 2. The molecule has 0 bridgehead atoms. The fraction of sp³-hybridized carbons (Fsp3) is 0.636. The summed E-state index contributed by atoms with van der Waals surface area (Å²) in [6.45, 7) is 9.08. The number of carboxylic acids is 2. The third kappa shape index (κ3) is 9.65. The fourth-order valence-corrected chi connectivity index (χ4v) is 4.34. The second kappa shape index (κ2) is 12.5. The maximum atomic E-state index is 10.6. The van der Waals surface area contributed by atoms with E-state index < -0.39 is 24.3 Å². The van der Waals surface area contributed by atoms with Crippen LogP contribution in [-0.2, 0) is 20.9 Å². The zero-order valence-corrected chi connectivity index (χ0v) is 19.6. The maximum absolute atomic E-state index is 10.6. The second-order valence-electron chi connectivity index (χ2n) is 8.70. The van der Waals surface area contributed by atoms with Crippen LogP contribution in [0.5, 0.6) is 0 Å². The van der Waals surface area contributed by atoms with Gasteiger partial charge in [0.25, 0.3) is 0 Å². The number of carboxylic acid groups (broad SMARTS) is 2. The average molecular weight is 516 g/mol. The lowest BCUT2D eigenvalue weighted by atomic mass is 9.77. The van der Waals surface area contributed by atoms with Gasteiger partial charge in [0, 0.05) is 44.6 Å². The summed E-state index contributed by atoms with van der Waals surface area (Å²) in [6, 6.07) is 8.78. The number of benzene rings is 1. The molecule has 0 radical (unpaired) electrons. The fourth-order valence-electron chi connectivity index (χ4n) is 4.34. The van der Waals surface area contributed by atoms with Crippen LogP contribution in [0.15, 0.2) is 24.3 Å². The standard InChI is InChI=1S/C18H28N2O.2C2HF3O2/c1-15-6-4-5-7-16(15)10-20-9-8-18(14-20)13-19(2)11-17(18)12-21-3;2*3-2(4,5)1(6)7/h4-7,17H,8-14H2,1-3H3;2*(H,6,7)/t17-,18+;;/m0../s1. The number of carbonyl (C=O) groups is 2. The SMILES string of the molecule is COC[C@@H]1CN(C)C[C@@]12CCN(Cc1ccccc1C)C2.O=C(O)C(F)(F)F.O=C(O)C(F)(F)F. The molecule has 2 N–H and O–H groups in total. The Labute approximate surface area is 199 Å². The Morgan fingerprint density at radius 2 is 1.57 bits per heavy atom. The molecule has 0 aliphatic carbocycles. The van der Waals surface area contributed by atoms with Crippen molar-refractivity contribution in [3.8, 4) is 0 Å². The van der Waals surface area contributed by atoms with Gasteiger partial charge in [0.15, 0.2) is 0 Å². The molecule has 1 aromatic carbocycles. The number of ether oxygens (including phenoxy) is 1. The lowest BCUT2D eigenvalue weighted by Gasteiger charge is -2.30. The van der Waals surface area contributed by atoms with Crippen LogP contribution in [0.2, 0.25) is 0 Å². The van der Waals surface area contributed by atoms with Crippen molar-refractivity contribution in [3.05, 3.63) is 35.4 Å². The van der Waals surface area contributed by atoms with Crippen LogP contribution in [0.1, 0.15) is 17.5 Å². The highest BCUT2D eigenvalue weighted by molar-refractivity contribution is 5.73. The van der Waals surface area contributed by atoms with Gasteiger partial charge in [-0.3, -0.25) is 4.90 Å². The number of hydrogen-bond acceptors (Lipinski definition) is 5. The quantitative estimate of drug-likeness (QED) is 0.591. The van der Waals surface area contributed by atoms with E-state index in [0.717, 1.165) is 13.2 Å². The highest BCUT2D eigenvalue weighted by Crippen LogP contribution is 2.43. The monoisotopic (exact) mass is 516 g/mol. The number of nitrogens with zero attached hydrogens (tertiary/aromatic N) is 2. The third-order valence-corrected chi connectivity index (χ3v) is 5.96. The zero-order chi connectivity index (χ0) is 27.0. The van der Waals surface area contributed by atoms with E-state index >= 15 is 0 Å². The van der Waals surface area contributed by atoms with Crippen LogP contribution in [0.4, 0.5) is 26.3 Å². The van der Waals surface area contributed by atoms with Gasteiger partial charge < -0.3 is 19.8 Å². The van der Waals surface area contributed by atoms with Crippen molar-refractivity contribution >= 4 is 11.9 Å². The lowest BCUT2D eigenvalue weighted by Crippen LogP contribution is -2.36. The van der Waals surface area contributed by atoms with E-state index in [4.69, 9.17) is 24.5 Å². The highest BCUT2D eigenvalue weighted by atomic mass is 19.4. The Balaban J connectivity index is 0.000000362. The summed E-state index contributed by atoms with van der Waals surface area (Å²) >= 11 is 0. The van der Waals surface area contributed by atoms with Gasteiger partial charge in [-0.25, -0.2) is 9.59 Å². The lowest BCUT2D eigenvalue weighted by molar-refractivity contribution is -0.193. The van der Waals surface area contributed by atoms with Crippen LogP contribution in [0, 0.1) is 18.3 Å². The minimum Gasteiger partial charge on any atom is -0.475 e. The number of hydrogen-bond donors (Lipinski definition) is 2. The van der Waals surface area contributed by atoms with Gasteiger partial charge in [-0.15, -0.1) is 0 Å². The Hall–Kier alpha value is -2.38. The first-order valence-corrected chi connectivity index (χ1v) is 10.6. The summed E-state index contributed by atoms with van der Waals surface area (Å²) in [5, 5.41) is 14.2. The molecule has 0 saturated carbocycles. The van der Waals surface area contributed by atoms with Gasteiger partial charge in [0.05, 0.1) is 6.61 Å². The van der Waals surface area contributed by atoms with Crippen LogP contribution < -0.4 is 0 Å². The number of likely N-dealkylation sites (tertiary alicyclic amines) is 2. The second-order valence-corrected chi connectivity index (χ2v) is 8.70. The normalized spacial score (nSPS) is 22.8. The van der Waals surface area contributed by atoms with Crippen LogP contribution in [-0.4, -0.2) is 91.2 Å². The van der Waals surface area contributed by atoms with Crippen LogP contribution in [0.3, 0.4) is 0 Å². The third-order valence-electron chi connectivity index (χ3n) is 5.96. The first kappa shape index (κ1) is 30.7. The predicted molar refractivity (Wildman–Crippen MR) is 114 cm³/mol. The van der Waals surface area contributed by atoms with E-state index in [1.807, 2.05) is 7.11 Å². The van der Waals surface area contributed by atoms with E-state index in [2.05, 4.69) is 48.0 Å². The molecule has 13 heteroatoms. The van der Waals surface area contributed by atoms with Crippen molar-refractivity contribution in [1.82, 2.24) is 9.80 Å². The predicted octanol–water partition coefficient (Wildman–Crippen LogP) is 3.66. The highest BCUT2D eigenvalue weighted by Gasteiger charge is 2.49. The molecular formula is C22H30F6N2O5. The van der Waals surface area contributed by atoms with Crippen molar-refractivity contribution in [3.63, 3.8) is 0 Å². The molecule has 0 aromatic heterocycles. The van der Waals surface area contributed by atoms with Crippen molar-refractivity contribution in [2.45, 2.75) is 32.2 Å². The molecule has 0 amide bonds. The number of methoxy groups -OCH3 is 1. The van der Waals surface area contributed by atoms with E-state index in [9.17, 15) is 26.3 Å². The van der Waals surface area contributed by atoms with Gasteiger partial charge in [-0.05, 0) is 38.1 Å². The Morgan fingerprint density at radius 1 is 1.06 bits per heavy atom. The van der Waals surface area contributed by atoms with E-state index in [1.165, 1.54) is 43.7 Å². The van der Waals surface area contributed by atoms with Crippen LogP contribution in [0.25, 0.3) is 0 Å². The molecule has 3 rings (SSSR count). The molecule has 2 heterocycles. The van der Waals surface area contributed by atoms with E-state index in [0.29, 0.717) is 11.3 Å². The Kier molecular flexibility index (Phi) is 11.0. The topological polar surface area (TPSA) is 90.3 Å². The number of aryl methyl sites for hydroxylation is 1. The van der Waals surface area contributed by atoms with Gasteiger partial charge in [-0.2, -0.15) is 26.3 Å². The van der Waals surface area contributed by atoms with Crippen molar-refractivity contribution in [2.24, 2.45) is 11.3 Å². The van der Waals surface area contributed by atoms with Gasteiger partial charge >= 0.3 is 24.3 Å².